The van der Waals surface area contributed by atoms with Crippen molar-refractivity contribution >= 4 is 11.8 Å². The van der Waals surface area contributed by atoms with Gasteiger partial charge in [0.15, 0.2) is 0 Å². The van der Waals surface area contributed by atoms with Gasteiger partial charge in [-0.05, 0) is 12.0 Å². The van der Waals surface area contributed by atoms with Crippen molar-refractivity contribution in [1.29, 1.82) is 0 Å². The third-order valence-electron chi connectivity index (χ3n) is 3.57. The average Bonchev–Trinajstić information content (AvgIpc) is 2.93. The van der Waals surface area contributed by atoms with Crippen molar-refractivity contribution in [3.8, 4) is 0 Å². The molecule has 4 heteroatoms. The Morgan fingerprint density at radius 1 is 1.56 bits per heavy atom. The molecule has 18 heavy (non-hydrogen) atoms. The Hall–Kier alpha value is -1.29. The van der Waals surface area contributed by atoms with Gasteiger partial charge in [0.1, 0.15) is 5.76 Å². The molecule has 0 aromatic rings. The lowest BCUT2D eigenvalue weighted by Gasteiger charge is -2.35. The summed E-state index contributed by atoms with van der Waals surface area (Å²) in [5.41, 5.74) is 1.46. The minimum absolute atomic E-state index is 0.383. The van der Waals surface area contributed by atoms with Gasteiger partial charge >= 0.3 is 0 Å². The molecule has 2 atom stereocenters. The number of nitrogens with one attached hydrogen (secondary N) is 2. The van der Waals surface area contributed by atoms with E-state index in [2.05, 4.69) is 35.1 Å². The van der Waals surface area contributed by atoms with Gasteiger partial charge in [0.2, 0.25) is 0 Å². The summed E-state index contributed by atoms with van der Waals surface area (Å²) in [5, 5.41) is 6.36. The van der Waals surface area contributed by atoms with Crippen molar-refractivity contribution < 1.29 is 4.74 Å². The van der Waals surface area contributed by atoms with Crippen LogP contribution in [0.1, 0.15) is 6.42 Å². The molecule has 0 bridgehead atoms. The fourth-order valence-corrected chi connectivity index (χ4v) is 3.64. The molecule has 0 aromatic carbocycles. The Bertz CT molecular complexity index is 451. The highest BCUT2D eigenvalue weighted by atomic mass is 32.2. The Morgan fingerprint density at radius 3 is 3.28 bits per heavy atom. The van der Waals surface area contributed by atoms with Crippen LogP contribution in [-0.4, -0.2) is 19.5 Å². The second kappa shape index (κ2) is 5.14. The first kappa shape index (κ1) is 11.8. The standard InChI is InChI=1S/C14H18N2OS/c1-15-7-13-11-3-2-4-12(10(11)5-6-17-13)14-8-16-9-18-14/h2-4,7-8,10-11,15-16H,5-6,9H2,1H3. The van der Waals surface area contributed by atoms with Crippen molar-refractivity contribution in [3.05, 3.63) is 46.9 Å². The molecule has 1 aliphatic carbocycles. The fourth-order valence-electron chi connectivity index (χ4n) is 2.77. The van der Waals surface area contributed by atoms with E-state index in [0.29, 0.717) is 11.8 Å². The third kappa shape index (κ3) is 2.05. The summed E-state index contributed by atoms with van der Waals surface area (Å²) >= 11 is 1.89. The lowest BCUT2D eigenvalue weighted by molar-refractivity contribution is 0.113. The number of ether oxygens (including phenoxy) is 1. The van der Waals surface area contributed by atoms with Crippen molar-refractivity contribution in [1.82, 2.24) is 10.6 Å². The summed E-state index contributed by atoms with van der Waals surface area (Å²) in [6, 6.07) is 0. The molecule has 2 heterocycles. The summed E-state index contributed by atoms with van der Waals surface area (Å²) in [4.78, 5) is 1.39. The summed E-state index contributed by atoms with van der Waals surface area (Å²) in [5.74, 6) is 2.99. The molecule has 0 radical (unpaired) electrons. The van der Waals surface area contributed by atoms with Gasteiger partial charge < -0.3 is 15.4 Å². The van der Waals surface area contributed by atoms with Gasteiger partial charge in [0.05, 0.1) is 12.5 Å². The van der Waals surface area contributed by atoms with Crippen LogP contribution in [0.25, 0.3) is 0 Å². The molecule has 96 valence electrons. The molecule has 1 fully saturated rings. The lowest BCUT2D eigenvalue weighted by atomic mass is 9.77. The Kier molecular flexibility index (Phi) is 3.37. The molecule has 0 aromatic heterocycles. The van der Waals surface area contributed by atoms with Crippen LogP contribution < -0.4 is 10.6 Å². The highest BCUT2D eigenvalue weighted by Gasteiger charge is 2.34. The van der Waals surface area contributed by atoms with Crippen LogP contribution in [0.2, 0.25) is 0 Å². The number of fused-ring (bicyclic) bond motifs is 1. The van der Waals surface area contributed by atoms with Crippen LogP contribution in [0.3, 0.4) is 0 Å². The summed E-state index contributed by atoms with van der Waals surface area (Å²) in [6.45, 7) is 0.811. The molecule has 2 unspecified atom stereocenters. The van der Waals surface area contributed by atoms with Crippen molar-refractivity contribution in [2.45, 2.75) is 6.42 Å². The molecule has 2 N–H and O–H groups in total. The quantitative estimate of drug-likeness (QED) is 0.800. The van der Waals surface area contributed by atoms with Crippen molar-refractivity contribution in [2.24, 2.45) is 11.8 Å². The molecule has 0 saturated carbocycles. The van der Waals surface area contributed by atoms with E-state index in [1.165, 1.54) is 10.5 Å². The smallest absolute Gasteiger partial charge is 0.119 e. The molecular formula is C14H18N2OS. The Balaban J connectivity index is 1.88. The topological polar surface area (TPSA) is 33.3 Å². The molecule has 3 rings (SSSR count). The van der Waals surface area contributed by atoms with Crippen molar-refractivity contribution in [2.75, 3.05) is 19.5 Å². The van der Waals surface area contributed by atoms with Gasteiger partial charge in [0.25, 0.3) is 0 Å². The van der Waals surface area contributed by atoms with Gasteiger partial charge in [0, 0.05) is 36.2 Å². The first-order valence-corrected chi connectivity index (χ1v) is 7.34. The van der Waals surface area contributed by atoms with E-state index >= 15 is 0 Å². The fraction of sp³-hybridized carbons (Fsp3) is 0.429. The lowest BCUT2D eigenvalue weighted by Crippen LogP contribution is -2.28. The highest BCUT2D eigenvalue weighted by Crippen LogP contribution is 2.43. The second-order valence-electron chi connectivity index (χ2n) is 4.61. The number of hydrogen-bond donors (Lipinski definition) is 2. The number of rotatable bonds is 2. The average molecular weight is 262 g/mol. The van der Waals surface area contributed by atoms with Crippen LogP contribution in [0, 0.1) is 11.8 Å². The Morgan fingerprint density at radius 2 is 2.50 bits per heavy atom. The second-order valence-corrected chi connectivity index (χ2v) is 5.63. The van der Waals surface area contributed by atoms with E-state index in [-0.39, 0.29) is 0 Å². The largest absolute Gasteiger partial charge is 0.496 e. The van der Waals surface area contributed by atoms with E-state index in [9.17, 15) is 0 Å². The van der Waals surface area contributed by atoms with Crippen LogP contribution in [0.4, 0.5) is 0 Å². The van der Waals surface area contributed by atoms with E-state index < -0.39 is 0 Å². The summed E-state index contributed by atoms with van der Waals surface area (Å²) < 4.78 is 5.78. The third-order valence-corrected chi connectivity index (χ3v) is 4.54. The van der Waals surface area contributed by atoms with Crippen molar-refractivity contribution in [3.63, 3.8) is 0 Å². The zero-order valence-electron chi connectivity index (χ0n) is 10.5. The van der Waals surface area contributed by atoms with Gasteiger partial charge in [-0.15, -0.1) is 11.8 Å². The maximum Gasteiger partial charge on any atom is 0.119 e. The maximum absolute atomic E-state index is 5.78. The number of allylic oxidation sites excluding steroid dienone is 4. The van der Waals surface area contributed by atoms with Gasteiger partial charge in [-0.2, -0.15) is 0 Å². The minimum atomic E-state index is 0.383. The normalized spacial score (nSPS) is 32.2. The summed E-state index contributed by atoms with van der Waals surface area (Å²) in [7, 11) is 1.92. The molecule has 1 saturated heterocycles. The van der Waals surface area contributed by atoms with E-state index in [1.807, 2.05) is 25.0 Å². The van der Waals surface area contributed by atoms with Gasteiger partial charge in [-0.3, -0.25) is 0 Å². The molecular weight excluding hydrogens is 244 g/mol. The zero-order valence-corrected chi connectivity index (χ0v) is 11.3. The van der Waals surface area contributed by atoms with E-state index in [0.717, 1.165) is 24.7 Å². The highest BCUT2D eigenvalue weighted by molar-refractivity contribution is 8.03. The first-order chi connectivity index (χ1) is 8.90. The molecule has 0 spiro atoms. The minimum Gasteiger partial charge on any atom is -0.496 e. The first-order valence-electron chi connectivity index (χ1n) is 6.35. The predicted molar refractivity (Wildman–Crippen MR) is 75.6 cm³/mol. The summed E-state index contributed by atoms with van der Waals surface area (Å²) in [6.07, 6.45) is 11.9. The van der Waals surface area contributed by atoms with E-state index in [4.69, 9.17) is 4.74 Å². The SMILES string of the molecule is CNC=C1OCCC2C(C3=CNCS3)=CC=CC12. The maximum atomic E-state index is 5.78. The van der Waals surface area contributed by atoms with Crippen LogP contribution in [-0.2, 0) is 4.74 Å². The van der Waals surface area contributed by atoms with Gasteiger partial charge in [-0.25, -0.2) is 0 Å². The number of hydrogen-bond acceptors (Lipinski definition) is 4. The zero-order chi connectivity index (χ0) is 12.4. The molecule has 0 amide bonds. The Labute approximate surface area is 112 Å². The molecule has 2 aliphatic heterocycles. The van der Waals surface area contributed by atoms with Crippen LogP contribution in [0.15, 0.2) is 46.9 Å². The van der Waals surface area contributed by atoms with Gasteiger partial charge in [-0.1, -0.05) is 18.2 Å². The van der Waals surface area contributed by atoms with E-state index in [1.54, 1.807) is 0 Å². The van der Waals surface area contributed by atoms with Crippen LogP contribution >= 0.6 is 11.8 Å². The number of thioether (sulfide) groups is 1. The molecule has 3 aliphatic rings. The predicted octanol–water partition coefficient (Wildman–Crippen LogP) is 2.33. The monoisotopic (exact) mass is 262 g/mol. The molecule has 3 nitrogen and oxygen atoms in total. The van der Waals surface area contributed by atoms with Crippen LogP contribution in [0.5, 0.6) is 0 Å².